The number of thiazole rings is 1. The molecule has 1 atom stereocenters. The van der Waals surface area contributed by atoms with Gasteiger partial charge in [0.2, 0.25) is 0 Å². The van der Waals surface area contributed by atoms with Crippen molar-refractivity contribution >= 4 is 11.3 Å². The molecule has 18 heavy (non-hydrogen) atoms. The van der Waals surface area contributed by atoms with Crippen LogP contribution in [0.25, 0.3) is 0 Å². The predicted octanol–water partition coefficient (Wildman–Crippen LogP) is 1.47. The normalized spacial score (nSPS) is 11.9. The maximum Gasteiger partial charge on any atom is 0.295 e. The van der Waals surface area contributed by atoms with E-state index in [9.17, 15) is 20.2 Å². The zero-order chi connectivity index (χ0) is 13.7. The number of rotatable bonds is 7. The molecule has 10 heteroatoms. The predicted molar refractivity (Wildman–Crippen MR) is 60.0 cm³/mol. The van der Waals surface area contributed by atoms with Gasteiger partial charge in [-0.05, 0) is 13.8 Å². The van der Waals surface area contributed by atoms with E-state index in [1.807, 2.05) is 0 Å². The lowest BCUT2D eigenvalue weighted by Gasteiger charge is -2.03. The summed E-state index contributed by atoms with van der Waals surface area (Å²) in [7, 11) is 0. The molecule has 9 nitrogen and oxygen atoms in total. The van der Waals surface area contributed by atoms with E-state index in [-0.39, 0.29) is 6.61 Å². The van der Waals surface area contributed by atoms with Gasteiger partial charge < -0.3 is 9.68 Å². The molecule has 0 aliphatic carbocycles. The van der Waals surface area contributed by atoms with Crippen LogP contribution in [-0.4, -0.2) is 21.8 Å². The van der Waals surface area contributed by atoms with E-state index in [1.165, 1.54) is 18.3 Å². The highest BCUT2D eigenvalue weighted by Crippen LogP contribution is 2.26. The Bertz CT molecular complexity index is 448. The highest BCUT2D eigenvalue weighted by molar-refractivity contribution is 7.11. The number of hydrogen-bond acceptors (Lipinski definition) is 8. The molecule has 1 heterocycles. The summed E-state index contributed by atoms with van der Waals surface area (Å²) in [5.41, 5.74) is 0.667. The average Bonchev–Trinajstić information content (AvgIpc) is 2.59. The summed E-state index contributed by atoms with van der Waals surface area (Å²) in [6, 6.07) is 0. The number of nitrogens with zero attached hydrogens (tertiary/aromatic N) is 3. The van der Waals surface area contributed by atoms with Crippen LogP contribution < -0.4 is 0 Å². The number of aryl methyl sites for hydroxylation is 1. The van der Waals surface area contributed by atoms with Gasteiger partial charge in [-0.2, -0.15) is 0 Å². The van der Waals surface area contributed by atoms with Crippen molar-refractivity contribution in [3.63, 3.8) is 0 Å². The zero-order valence-electron chi connectivity index (χ0n) is 9.69. The Kier molecular flexibility index (Phi) is 4.77. The van der Waals surface area contributed by atoms with Crippen molar-refractivity contribution in [1.29, 1.82) is 0 Å². The molecule has 0 saturated carbocycles. The topological polar surface area (TPSA) is 118 Å². The summed E-state index contributed by atoms with van der Waals surface area (Å²) in [6.07, 6.45) is -0.427. The summed E-state index contributed by atoms with van der Waals surface area (Å²) in [5, 5.41) is 18.9. The van der Waals surface area contributed by atoms with Gasteiger partial charge in [0.15, 0.2) is 6.10 Å². The molecule has 0 radical (unpaired) electrons. The molecule has 1 aromatic rings. The van der Waals surface area contributed by atoms with E-state index in [1.54, 1.807) is 6.92 Å². The van der Waals surface area contributed by atoms with Crippen molar-refractivity contribution in [2.24, 2.45) is 0 Å². The lowest BCUT2D eigenvalue weighted by atomic mass is 10.3. The number of aromatic nitrogens is 1. The van der Waals surface area contributed by atoms with Crippen LogP contribution in [0.3, 0.4) is 0 Å². The quantitative estimate of drug-likeness (QED) is 0.547. The van der Waals surface area contributed by atoms with Crippen LogP contribution in [0, 0.1) is 27.2 Å². The molecule has 0 fully saturated rings. The molecule has 0 aromatic carbocycles. The Labute approximate surface area is 106 Å². The van der Waals surface area contributed by atoms with Crippen LogP contribution in [0.15, 0.2) is 0 Å². The summed E-state index contributed by atoms with van der Waals surface area (Å²) < 4.78 is 0. The van der Waals surface area contributed by atoms with Gasteiger partial charge in [-0.1, -0.05) is 0 Å². The molecule has 1 aromatic heterocycles. The molecule has 0 saturated heterocycles. The van der Waals surface area contributed by atoms with Gasteiger partial charge in [-0.3, -0.25) is 0 Å². The SMILES string of the molecule is Cc1nc([C@@H](C)O[N+](=O)[O-])sc1CCO[N+](=O)[O-]. The lowest BCUT2D eigenvalue weighted by molar-refractivity contribution is -0.770. The fourth-order valence-electron chi connectivity index (χ4n) is 1.24. The maximum absolute atomic E-state index is 10.2. The van der Waals surface area contributed by atoms with Crippen molar-refractivity contribution in [2.75, 3.05) is 6.61 Å². The minimum Gasteiger partial charge on any atom is -0.314 e. The summed E-state index contributed by atoms with van der Waals surface area (Å²) in [5.74, 6) is 0. The van der Waals surface area contributed by atoms with Gasteiger partial charge in [-0.25, -0.2) is 4.98 Å². The Balaban J connectivity index is 2.63. The molecule has 0 aliphatic heterocycles. The summed E-state index contributed by atoms with van der Waals surface area (Å²) in [4.78, 5) is 33.7. The highest BCUT2D eigenvalue weighted by atomic mass is 32.1. The van der Waals surface area contributed by atoms with Gasteiger partial charge in [0.25, 0.3) is 10.2 Å². The fourth-order valence-corrected chi connectivity index (χ4v) is 2.27. The Hall–Kier alpha value is -1.97. The molecule has 0 N–H and O–H groups in total. The smallest absolute Gasteiger partial charge is 0.295 e. The van der Waals surface area contributed by atoms with E-state index in [4.69, 9.17) is 0 Å². The lowest BCUT2D eigenvalue weighted by Crippen LogP contribution is -2.05. The fraction of sp³-hybridized carbons (Fsp3) is 0.625. The van der Waals surface area contributed by atoms with Crippen molar-refractivity contribution < 1.29 is 19.8 Å². The molecule has 0 aliphatic rings. The second kappa shape index (κ2) is 6.10. The van der Waals surface area contributed by atoms with E-state index in [0.29, 0.717) is 17.1 Å². The van der Waals surface area contributed by atoms with Crippen LogP contribution >= 0.6 is 11.3 Å². The minimum atomic E-state index is -0.878. The van der Waals surface area contributed by atoms with Crippen LogP contribution in [0.5, 0.6) is 0 Å². The third-order valence-corrected chi connectivity index (χ3v) is 3.41. The van der Waals surface area contributed by atoms with Gasteiger partial charge in [0, 0.05) is 11.3 Å². The molecule has 100 valence electrons. The first-order valence-corrected chi connectivity index (χ1v) is 5.76. The first kappa shape index (κ1) is 14.1. The van der Waals surface area contributed by atoms with Crippen LogP contribution in [0.4, 0.5) is 0 Å². The largest absolute Gasteiger partial charge is 0.314 e. The first-order valence-electron chi connectivity index (χ1n) is 4.94. The summed E-state index contributed by atoms with van der Waals surface area (Å²) >= 11 is 1.22. The molecule has 0 amide bonds. The Morgan fingerprint density at radius 3 is 2.61 bits per heavy atom. The third-order valence-electron chi connectivity index (χ3n) is 2.03. The monoisotopic (exact) mass is 277 g/mol. The van der Waals surface area contributed by atoms with E-state index >= 15 is 0 Å². The first-order chi connectivity index (χ1) is 8.40. The average molecular weight is 277 g/mol. The van der Waals surface area contributed by atoms with Crippen molar-refractivity contribution in [2.45, 2.75) is 26.4 Å². The van der Waals surface area contributed by atoms with Gasteiger partial charge >= 0.3 is 0 Å². The van der Waals surface area contributed by atoms with Gasteiger partial charge in [-0.15, -0.1) is 31.6 Å². The van der Waals surface area contributed by atoms with E-state index < -0.39 is 16.3 Å². The van der Waals surface area contributed by atoms with Crippen molar-refractivity contribution in [3.8, 4) is 0 Å². The molecule has 1 rings (SSSR count). The van der Waals surface area contributed by atoms with Crippen molar-refractivity contribution in [1.82, 2.24) is 4.98 Å². The Morgan fingerprint density at radius 2 is 2.06 bits per heavy atom. The third kappa shape index (κ3) is 4.13. The van der Waals surface area contributed by atoms with E-state index in [2.05, 4.69) is 14.7 Å². The van der Waals surface area contributed by atoms with Crippen LogP contribution in [0.2, 0.25) is 0 Å². The molecular weight excluding hydrogens is 266 g/mol. The second-order valence-electron chi connectivity index (χ2n) is 3.34. The standard InChI is InChI=1S/C8H11N3O6S/c1-5-7(3-4-16-10(12)13)18-8(9-5)6(2)17-11(14)15/h6H,3-4H2,1-2H3/t6-/m1/s1. The van der Waals surface area contributed by atoms with Gasteiger partial charge in [0.05, 0.1) is 5.69 Å². The van der Waals surface area contributed by atoms with Crippen molar-refractivity contribution in [3.05, 3.63) is 35.8 Å². The maximum atomic E-state index is 10.2. The molecule has 0 spiro atoms. The molecule has 0 unspecified atom stereocenters. The molecular formula is C8H11N3O6S. The van der Waals surface area contributed by atoms with Crippen LogP contribution in [-0.2, 0) is 16.1 Å². The van der Waals surface area contributed by atoms with Gasteiger partial charge in [0.1, 0.15) is 11.6 Å². The molecule has 0 bridgehead atoms. The Morgan fingerprint density at radius 1 is 1.39 bits per heavy atom. The van der Waals surface area contributed by atoms with Crippen LogP contribution in [0.1, 0.15) is 28.6 Å². The van der Waals surface area contributed by atoms with E-state index in [0.717, 1.165) is 4.88 Å². The number of hydrogen-bond donors (Lipinski definition) is 0. The zero-order valence-corrected chi connectivity index (χ0v) is 10.5. The highest BCUT2D eigenvalue weighted by Gasteiger charge is 2.16. The summed E-state index contributed by atoms with van der Waals surface area (Å²) in [6.45, 7) is 3.17. The minimum absolute atomic E-state index is 0.0695. The second-order valence-corrected chi connectivity index (χ2v) is 4.45.